The van der Waals surface area contributed by atoms with Crippen LogP contribution in [0.4, 0.5) is 0 Å². The van der Waals surface area contributed by atoms with Gasteiger partial charge in [-0.05, 0) is 162 Å². The molecule has 2 amide bonds. The van der Waals surface area contributed by atoms with Gasteiger partial charge in [-0.3, -0.25) is 9.59 Å². The molecule has 4 saturated carbocycles. The highest BCUT2D eigenvalue weighted by Gasteiger charge is 2.56. The maximum atomic E-state index is 13.6. The second-order valence-corrected chi connectivity index (χ2v) is 22.0. The Bertz CT molecular complexity index is 2690. The number of benzene rings is 3. The zero-order valence-corrected chi connectivity index (χ0v) is 38.2. The van der Waals surface area contributed by atoms with E-state index in [1.54, 1.807) is 22.3 Å². The fourth-order valence-corrected chi connectivity index (χ4v) is 14.3. The zero-order valence-electron chi connectivity index (χ0n) is 38.2. The van der Waals surface area contributed by atoms with E-state index >= 15 is 0 Å². The van der Waals surface area contributed by atoms with Crippen LogP contribution in [0.2, 0.25) is 0 Å². The van der Waals surface area contributed by atoms with Crippen LogP contribution in [0.3, 0.4) is 0 Å². The molecule has 2 aliphatic heterocycles. The molecule has 12 atom stereocenters. The van der Waals surface area contributed by atoms with E-state index in [-0.39, 0.29) is 12.1 Å². The van der Waals surface area contributed by atoms with E-state index in [0.29, 0.717) is 84.1 Å². The van der Waals surface area contributed by atoms with Crippen molar-refractivity contribution in [2.45, 2.75) is 165 Å². The number of amides is 2. The number of H-pyrrole nitrogens is 2. The van der Waals surface area contributed by atoms with Crippen molar-refractivity contribution in [3.05, 3.63) is 94.8 Å². The number of carbonyl (C=O) groups is 2. The number of nitrogens with zero attached hydrogens (tertiary/aromatic N) is 4. The molecule has 5 aromatic rings. The van der Waals surface area contributed by atoms with Gasteiger partial charge in [-0.15, -0.1) is 0 Å². The van der Waals surface area contributed by atoms with Crippen molar-refractivity contribution < 1.29 is 9.59 Å². The third kappa shape index (κ3) is 6.12. The van der Waals surface area contributed by atoms with Crippen molar-refractivity contribution in [2.75, 3.05) is 0 Å². The summed E-state index contributed by atoms with van der Waals surface area (Å²) in [5, 5.41) is 0. The standard InChI is InChI=1S/C56H64N6O2/c1-5-29(3)19-49(63)61-45-23-37(45)25-47(61)55-57-27-43(59-55)32-9-7-31(8-10-32)39-15-16-40(52-34-12-11-33(21-34)51(39)52)41-17-18-42(54-36-14-13-35(22-36)53(41)54)44-28-58-56(60-44)48-26-38-24-46(38)62(48)50(64)20-30(4)6-2/h7-10,15-18,27-30,33-38,45-48H,5-6,11-14,19-26H2,1-4H3,(H,57,59)(H,58,60)/t29-,30-,33?,34?,35?,36?,37?,38?,45?,46?,47-,48-/m0/s1. The van der Waals surface area contributed by atoms with Gasteiger partial charge in [0.1, 0.15) is 11.6 Å². The predicted molar refractivity (Wildman–Crippen MR) is 251 cm³/mol. The van der Waals surface area contributed by atoms with Crippen LogP contribution in [-0.2, 0) is 9.59 Å². The number of fused-ring (bicyclic) bond motifs is 12. The normalized spacial score (nSPS) is 30.7. The topological polar surface area (TPSA) is 98.0 Å². The molecule has 8 unspecified atom stereocenters. The summed E-state index contributed by atoms with van der Waals surface area (Å²) in [6.07, 6.45) is 19.4. The van der Waals surface area contributed by atoms with Crippen LogP contribution in [0.1, 0.15) is 187 Å². The summed E-state index contributed by atoms with van der Waals surface area (Å²) in [4.78, 5) is 48.8. The summed E-state index contributed by atoms with van der Waals surface area (Å²) in [7, 11) is 0. The molecule has 6 aliphatic carbocycles. The lowest BCUT2D eigenvalue weighted by molar-refractivity contribution is -0.135. The predicted octanol–water partition coefficient (Wildman–Crippen LogP) is 12.7. The number of piperidine rings is 2. The lowest BCUT2D eigenvalue weighted by Crippen LogP contribution is -2.34. The molecule has 6 fully saturated rings. The van der Waals surface area contributed by atoms with Crippen molar-refractivity contribution in [3.63, 3.8) is 0 Å². The van der Waals surface area contributed by atoms with E-state index in [0.717, 1.165) is 67.1 Å². The molecule has 2 aromatic heterocycles. The van der Waals surface area contributed by atoms with E-state index in [2.05, 4.69) is 102 Å². The van der Waals surface area contributed by atoms with Gasteiger partial charge in [0, 0.05) is 30.5 Å². The number of hydrogen-bond acceptors (Lipinski definition) is 4. The van der Waals surface area contributed by atoms with E-state index in [4.69, 9.17) is 9.97 Å². The lowest BCUT2D eigenvalue weighted by Gasteiger charge is -2.28. The Morgan fingerprint density at radius 1 is 0.547 bits per heavy atom. The smallest absolute Gasteiger partial charge is 0.223 e. The SMILES string of the molecule is CC[C@H](C)CC(=O)N1C2CC2C[C@H]1c1ncc(-c2ccc(-c3ccc(-c4ccc(-c5cnc([C@@H]6CC7CC7N6C(=O)C[C@@H](C)CC)[nH]5)c5c4C4CCC5C4)c4c3C3CCC4C3)cc2)[nH]1. The van der Waals surface area contributed by atoms with Crippen molar-refractivity contribution in [1.29, 1.82) is 0 Å². The van der Waals surface area contributed by atoms with Gasteiger partial charge in [-0.2, -0.15) is 0 Å². The fourth-order valence-electron chi connectivity index (χ4n) is 14.3. The van der Waals surface area contributed by atoms with E-state index in [1.807, 2.05) is 6.20 Å². The average molecular weight is 853 g/mol. The largest absolute Gasteiger partial charge is 0.340 e. The molecule has 13 rings (SSSR count). The van der Waals surface area contributed by atoms with Gasteiger partial charge in [-0.25, -0.2) is 9.97 Å². The lowest BCUT2D eigenvalue weighted by atomic mass is 9.77. The minimum Gasteiger partial charge on any atom is -0.340 e. The van der Waals surface area contributed by atoms with Crippen LogP contribution in [0.25, 0.3) is 44.8 Å². The average Bonchev–Trinajstić information content (AvgIpc) is 3.94. The Balaban J connectivity index is 0.796. The molecule has 4 heterocycles. The Morgan fingerprint density at radius 3 is 1.48 bits per heavy atom. The molecule has 8 aliphatic rings. The van der Waals surface area contributed by atoms with E-state index in [1.165, 1.54) is 66.3 Å². The van der Waals surface area contributed by atoms with E-state index in [9.17, 15) is 9.59 Å². The monoisotopic (exact) mass is 853 g/mol. The van der Waals surface area contributed by atoms with Crippen molar-refractivity contribution in [3.8, 4) is 44.8 Å². The number of aromatic nitrogens is 4. The summed E-state index contributed by atoms with van der Waals surface area (Å²) in [5.74, 6) is 7.08. The van der Waals surface area contributed by atoms with Gasteiger partial charge in [0.15, 0.2) is 0 Å². The van der Waals surface area contributed by atoms with E-state index < -0.39 is 0 Å². The Labute approximate surface area is 378 Å². The fraction of sp³-hybridized carbons (Fsp3) is 0.536. The van der Waals surface area contributed by atoms with Crippen LogP contribution in [0, 0.1) is 23.7 Å². The van der Waals surface area contributed by atoms with Crippen molar-refractivity contribution >= 4 is 11.8 Å². The number of rotatable bonds is 12. The van der Waals surface area contributed by atoms with Crippen LogP contribution in [0.15, 0.2) is 60.9 Å². The number of nitrogens with one attached hydrogen (secondary N) is 2. The molecule has 8 heteroatoms. The first-order valence-corrected chi connectivity index (χ1v) is 25.4. The summed E-state index contributed by atoms with van der Waals surface area (Å²) >= 11 is 0. The molecular formula is C56H64N6O2. The summed E-state index contributed by atoms with van der Waals surface area (Å²) in [6, 6.07) is 19.9. The van der Waals surface area contributed by atoms with Crippen molar-refractivity contribution in [1.82, 2.24) is 29.7 Å². The second kappa shape index (κ2) is 14.8. The number of imidazole rings is 2. The minimum atomic E-state index is 0.0615. The first-order chi connectivity index (χ1) is 31.2. The quantitative estimate of drug-likeness (QED) is 0.131. The highest BCUT2D eigenvalue weighted by Crippen LogP contribution is 2.63. The first-order valence-electron chi connectivity index (χ1n) is 25.4. The summed E-state index contributed by atoms with van der Waals surface area (Å²) in [6.45, 7) is 8.75. The molecule has 2 N–H and O–H groups in total. The molecule has 0 spiro atoms. The maximum Gasteiger partial charge on any atom is 0.223 e. The number of aromatic amines is 2. The van der Waals surface area contributed by atoms with Gasteiger partial charge < -0.3 is 19.8 Å². The maximum absolute atomic E-state index is 13.6. The highest BCUT2D eigenvalue weighted by molar-refractivity contribution is 5.86. The minimum absolute atomic E-state index is 0.0615. The van der Waals surface area contributed by atoms with Gasteiger partial charge in [0.2, 0.25) is 11.8 Å². The zero-order chi connectivity index (χ0) is 43.1. The van der Waals surface area contributed by atoms with Gasteiger partial charge in [0.05, 0.1) is 35.9 Å². The Morgan fingerprint density at radius 2 is 0.969 bits per heavy atom. The number of hydrogen-bond donors (Lipinski definition) is 2. The van der Waals surface area contributed by atoms with Crippen LogP contribution < -0.4 is 0 Å². The summed E-state index contributed by atoms with van der Waals surface area (Å²) in [5.41, 5.74) is 16.7. The Kier molecular flexibility index (Phi) is 9.09. The molecule has 2 saturated heterocycles. The molecule has 64 heavy (non-hydrogen) atoms. The Hall–Kier alpha value is -4.98. The molecule has 8 nitrogen and oxygen atoms in total. The molecule has 0 radical (unpaired) electrons. The highest BCUT2D eigenvalue weighted by atomic mass is 16.2. The van der Waals surface area contributed by atoms with Crippen molar-refractivity contribution in [2.24, 2.45) is 23.7 Å². The number of likely N-dealkylation sites (tertiary alicyclic amines) is 2. The molecule has 330 valence electrons. The van der Waals surface area contributed by atoms with Gasteiger partial charge in [0.25, 0.3) is 0 Å². The summed E-state index contributed by atoms with van der Waals surface area (Å²) < 4.78 is 0. The molecule has 3 aromatic carbocycles. The third-order valence-electron chi connectivity index (χ3n) is 18.2. The first kappa shape index (κ1) is 39.4. The van der Waals surface area contributed by atoms with Crippen LogP contribution in [-0.4, -0.2) is 53.6 Å². The van der Waals surface area contributed by atoms with Crippen LogP contribution >= 0.6 is 0 Å². The molecule has 4 bridgehead atoms. The molecular weight excluding hydrogens is 789 g/mol. The van der Waals surface area contributed by atoms with Crippen LogP contribution in [0.5, 0.6) is 0 Å². The number of carbonyl (C=O) groups excluding carboxylic acids is 2. The van der Waals surface area contributed by atoms with Gasteiger partial charge >= 0.3 is 0 Å². The van der Waals surface area contributed by atoms with Gasteiger partial charge in [-0.1, -0.05) is 89.1 Å². The third-order valence-corrected chi connectivity index (χ3v) is 18.2. The second-order valence-electron chi connectivity index (χ2n) is 22.0.